The van der Waals surface area contributed by atoms with E-state index in [2.05, 4.69) is 48.1 Å². The third-order valence-electron chi connectivity index (χ3n) is 7.58. The van der Waals surface area contributed by atoms with Crippen molar-refractivity contribution in [1.29, 1.82) is 0 Å². The maximum absolute atomic E-state index is 13.7. The fourth-order valence-corrected chi connectivity index (χ4v) is 5.73. The van der Waals surface area contributed by atoms with Gasteiger partial charge in [0.15, 0.2) is 0 Å². The van der Waals surface area contributed by atoms with Gasteiger partial charge in [0.1, 0.15) is 4.67 Å². The number of amides is 2. The van der Waals surface area contributed by atoms with Crippen LogP contribution < -0.4 is 9.99 Å². The maximum atomic E-state index is 13.7. The van der Waals surface area contributed by atoms with Gasteiger partial charge in [-0.2, -0.15) is 0 Å². The molecule has 2 atom stereocenters. The molecule has 3 rings (SSSR count). The van der Waals surface area contributed by atoms with Crippen molar-refractivity contribution < 1.29 is 9.59 Å². The summed E-state index contributed by atoms with van der Waals surface area (Å²) in [5.74, 6) is -0.376. The molecule has 34 heavy (non-hydrogen) atoms. The van der Waals surface area contributed by atoms with Crippen LogP contribution in [-0.4, -0.2) is 20.8 Å². The number of rotatable bonds is 7. The third kappa shape index (κ3) is 5.35. The van der Waals surface area contributed by atoms with Gasteiger partial charge in [0.2, 0.25) is 5.91 Å². The first-order valence-electron chi connectivity index (χ1n) is 12.4. The Labute approximate surface area is 208 Å². The molecule has 0 radical (unpaired) electrons. The van der Waals surface area contributed by atoms with Gasteiger partial charge < -0.3 is 5.32 Å². The van der Waals surface area contributed by atoms with Crippen molar-refractivity contribution in [3.05, 3.63) is 46.5 Å². The quantitative estimate of drug-likeness (QED) is 0.585. The lowest BCUT2D eigenvalue weighted by molar-refractivity contribution is -0.136. The van der Waals surface area contributed by atoms with E-state index in [1.165, 1.54) is 0 Å². The summed E-state index contributed by atoms with van der Waals surface area (Å²) in [6, 6.07) is 5.66. The highest BCUT2D eigenvalue weighted by atomic mass is 32.1. The molecule has 0 aliphatic heterocycles. The maximum Gasteiger partial charge on any atom is 0.253 e. The molecule has 1 fully saturated rings. The molecule has 0 saturated heterocycles. The largest absolute Gasteiger partial charge is 0.350 e. The molecule has 1 aliphatic rings. The molecular formula is C27H40N4O2S. The Kier molecular flexibility index (Phi) is 7.85. The van der Waals surface area contributed by atoms with E-state index in [4.69, 9.17) is 4.99 Å². The molecule has 1 N–H and O–H groups in total. The number of carbonyl (C=O) groups is 2. The number of hydrogen-bond donors (Lipinski definition) is 1. The van der Waals surface area contributed by atoms with E-state index in [0.29, 0.717) is 19.4 Å². The van der Waals surface area contributed by atoms with Crippen LogP contribution in [0.1, 0.15) is 85.4 Å². The van der Waals surface area contributed by atoms with E-state index in [1.807, 2.05) is 39.0 Å². The molecule has 186 valence electrons. The highest BCUT2D eigenvalue weighted by Gasteiger charge is 2.58. The predicted molar refractivity (Wildman–Crippen MR) is 137 cm³/mol. The van der Waals surface area contributed by atoms with Gasteiger partial charge in [-0.1, -0.05) is 40.2 Å². The van der Waals surface area contributed by atoms with E-state index < -0.39 is 10.8 Å². The second kappa shape index (κ2) is 10.1. The summed E-state index contributed by atoms with van der Waals surface area (Å²) >= 11 is 1.56. The molecule has 1 aliphatic carbocycles. The molecule has 2 aromatic rings. The van der Waals surface area contributed by atoms with Gasteiger partial charge in [-0.25, -0.2) is 4.99 Å². The smallest absolute Gasteiger partial charge is 0.253 e. The Bertz CT molecular complexity index is 1080. The van der Waals surface area contributed by atoms with Crippen molar-refractivity contribution in [2.45, 2.75) is 92.7 Å². The van der Waals surface area contributed by atoms with E-state index in [0.717, 1.165) is 35.2 Å². The first-order chi connectivity index (χ1) is 15.9. The lowest BCUT2D eigenvalue weighted by Gasteiger charge is -2.38. The van der Waals surface area contributed by atoms with E-state index in [9.17, 15) is 9.59 Å². The predicted octanol–water partition coefficient (Wildman–Crippen LogP) is 5.23. The lowest BCUT2D eigenvalue weighted by Crippen LogP contribution is -2.45. The van der Waals surface area contributed by atoms with Crippen molar-refractivity contribution >= 4 is 23.3 Å². The number of aryl methyl sites for hydroxylation is 1. The summed E-state index contributed by atoms with van der Waals surface area (Å²) in [7, 11) is 0. The molecule has 2 amide bonds. The van der Waals surface area contributed by atoms with Crippen LogP contribution in [0.25, 0.3) is 0 Å². The van der Waals surface area contributed by atoms with Crippen LogP contribution in [-0.2, 0) is 28.1 Å². The van der Waals surface area contributed by atoms with Crippen molar-refractivity contribution in [3.63, 3.8) is 0 Å². The topological polar surface area (TPSA) is 76.3 Å². The van der Waals surface area contributed by atoms with Crippen molar-refractivity contribution in [3.8, 4) is 0 Å². The van der Waals surface area contributed by atoms with Gasteiger partial charge in [0.05, 0.1) is 17.7 Å². The SMILES string of the molecule is CCCCc1cn(C(C)(C)C)s/c1=N\C(=O)C1(C)CCC(C(=O)NCc2ccccn2)C1(C)C. The Hall–Kier alpha value is -2.28. The van der Waals surface area contributed by atoms with Gasteiger partial charge in [-0.15, -0.1) is 0 Å². The van der Waals surface area contributed by atoms with Crippen molar-refractivity contribution in [1.82, 2.24) is 14.3 Å². The first-order valence-corrected chi connectivity index (χ1v) is 13.2. The Morgan fingerprint density at radius 3 is 2.62 bits per heavy atom. The number of carbonyl (C=O) groups excluding carboxylic acids is 2. The molecule has 1 saturated carbocycles. The number of aromatic nitrogens is 2. The van der Waals surface area contributed by atoms with Crippen LogP contribution in [0.3, 0.4) is 0 Å². The normalized spacial score (nSPS) is 22.7. The molecule has 6 nitrogen and oxygen atoms in total. The number of nitrogens with zero attached hydrogens (tertiary/aromatic N) is 3. The van der Waals surface area contributed by atoms with Gasteiger partial charge in [-0.05, 0) is 75.5 Å². The van der Waals surface area contributed by atoms with Gasteiger partial charge >= 0.3 is 0 Å². The minimum atomic E-state index is -0.696. The Morgan fingerprint density at radius 1 is 1.26 bits per heavy atom. The zero-order chi connectivity index (χ0) is 25.1. The fourth-order valence-electron chi connectivity index (χ4n) is 4.70. The number of hydrogen-bond acceptors (Lipinski definition) is 4. The van der Waals surface area contributed by atoms with Crippen LogP contribution in [0.4, 0.5) is 0 Å². The molecule has 2 unspecified atom stereocenters. The molecule has 7 heteroatoms. The van der Waals surface area contributed by atoms with Crippen molar-refractivity contribution in [2.75, 3.05) is 0 Å². The monoisotopic (exact) mass is 484 g/mol. The first kappa shape index (κ1) is 26.3. The minimum absolute atomic E-state index is 0.0162. The lowest BCUT2D eigenvalue weighted by atomic mass is 9.65. The van der Waals surface area contributed by atoms with Crippen molar-refractivity contribution in [2.24, 2.45) is 21.7 Å². The zero-order valence-corrected chi connectivity index (χ0v) is 22.6. The molecule has 0 aromatic carbocycles. The number of nitrogens with one attached hydrogen (secondary N) is 1. The zero-order valence-electron chi connectivity index (χ0n) is 21.8. The molecule has 0 spiro atoms. The third-order valence-corrected chi connectivity index (χ3v) is 8.96. The Morgan fingerprint density at radius 2 is 2.00 bits per heavy atom. The second-order valence-corrected chi connectivity index (χ2v) is 12.2. The average molecular weight is 485 g/mol. The van der Waals surface area contributed by atoms with Crippen LogP contribution in [0, 0.1) is 16.7 Å². The number of unbranched alkanes of at least 4 members (excludes halogenated alkanes) is 1. The van der Waals surface area contributed by atoms with Gasteiger partial charge in [0, 0.05) is 29.4 Å². The standard InChI is InChI=1S/C27H40N4O2S/c1-8-9-12-19-18-31(25(2,3)4)34-23(19)30-24(33)27(7)15-14-21(26(27,5)6)22(32)29-17-20-13-10-11-16-28-20/h10-11,13,16,18,21H,8-9,12,14-15,17H2,1-7H3,(H,29,32)/b30-23-. The minimum Gasteiger partial charge on any atom is -0.350 e. The van der Waals surface area contributed by atoms with Crippen LogP contribution in [0.15, 0.2) is 35.6 Å². The summed E-state index contributed by atoms with van der Waals surface area (Å²) in [4.78, 5) is 35.8. The van der Waals surface area contributed by atoms with E-state index >= 15 is 0 Å². The average Bonchev–Trinajstić information content (AvgIpc) is 3.29. The van der Waals surface area contributed by atoms with Gasteiger partial charge in [-0.3, -0.25) is 18.5 Å². The van der Waals surface area contributed by atoms with Gasteiger partial charge in [0.25, 0.3) is 5.91 Å². The summed E-state index contributed by atoms with van der Waals surface area (Å²) in [6.45, 7) is 15.1. The van der Waals surface area contributed by atoms with E-state index in [-0.39, 0.29) is 23.3 Å². The van der Waals surface area contributed by atoms with E-state index in [1.54, 1.807) is 17.7 Å². The second-order valence-electron chi connectivity index (χ2n) is 11.3. The van der Waals surface area contributed by atoms with Crippen LogP contribution >= 0.6 is 11.5 Å². The molecular weight excluding hydrogens is 444 g/mol. The Balaban J connectivity index is 1.84. The van der Waals surface area contributed by atoms with Crippen LogP contribution in [0.2, 0.25) is 0 Å². The summed E-state index contributed by atoms with van der Waals surface area (Å²) < 4.78 is 3.01. The highest BCUT2D eigenvalue weighted by molar-refractivity contribution is 7.04. The number of pyridine rings is 1. The molecule has 2 aromatic heterocycles. The fraction of sp³-hybridized carbons (Fsp3) is 0.630. The molecule has 2 heterocycles. The summed E-state index contributed by atoms with van der Waals surface area (Å²) in [6.07, 6.45) is 8.29. The summed E-state index contributed by atoms with van der Waals surface area (Å²) in [5.41, 5.74) is 0.695. The van der Waals surface area contributed by atoms with Crippen LogP contribution in [0.5, 0.6) is 0 Å². The molecule has 0 bridgehead atoms. The summed E-state index contributed by atoms with van der Waals surface area (Å²) in [5, 5.41) is 3.03. The highest BCUT2D eigenvalue weighted by Crippen LogP contribution is 2.56.